The van der Waals surface area contributed by atoms with Gasteiger partial charge in [-0.2, -0.15) is 0 Å². The molecule has 64 valence electrons. The summed E-state index contributed by atoms with van der Waals surface area (Å²) in [5.41, 5.74) is 0. The second-order valence-electron chi connectivity index (χ2n) is 1.02. The quantitative estimate of drug-likeness (QED) is 0.533. The van der Waals surface area contributed by atoms with Crippen molar-refractivity contribution in [3.63, 3.8) is 0 Å². The zero-order valence-electron chi connectivity index (χ0n) is 4.15. The maximum atomic E-state index is 9.55. The van der Waals surface area contributed by atoms with Crippen LogP contribution in [0.15, 0.2) is 0 Å². The van der Waals surface area contributed by atoms with Crippen LogP contribution in [0.2, 0.25) is 0 Å². The third-order valence-electron chi connectivity index (χ3n) is 0.206. The van der Waals surface area contributed by atoms with E-state index in [0.29, 0.717) is 0 Å². The molecule has 10 heavy (non-hydrogen) atoms. The Morgan fingerprint density at radius 2 is 1.50 bits per heavy atom. The average molecular weight is 371 g/mol. The van der Waals surface area contributed by atoms with Crippen molar-refractivity contribution in [1.82, 2.24) is 0 Å². The Morgan fingerprint density at radius 3 is 1.50 bits per heavy atom. The Kier molecular flexibility index (Phi) is 5.54. The largest absolute Gasteiger partial charge is 2.00 e. The van der Waals surface area contributed by atoms with Gasteiger partial charge < -0.3 is 24.1 Å². The summed E-state index contributed by atoms with van der Waals surface area (Å²) in [7, 11) is -10.7. The summed E-state index contributed by atoms with van der Waals surface area (Å²) in [6.45, 7) is 0. The second-order valence-corrected chi connectivity index (χ2v) is 3.55. The van der Waals surface area contributed by atoms with Gasteiger partial charge in [-0.1, -0.05) is 0 Å². The summed E-state index contributed by atoms with van der Waals surface area (Å²) in [6, 6.07) is 0. The first kappa shape index (κ1) is 13.5. The molecule has 0 aromatic rings. The maximum absolute atomic E-state index is 9.55. The first-order valence-electron chi connectivity index (χ1n) is 1.50. The summed E-state index contributed by atoms with van der Waals surface area (Å²) in [5.74, 6) is 0. The number of hydrogen-bond donors (Lipinski definition) is 2. The number of phosphoric acid groups is 2. The van der Waals surface area contributed by atoms with Gasteiger partial charge in [0.1, 0.15) is 0 Å². The minimum absolute atomic E-state index is 0. The van der Waals surface area contributed by atoms with Crippen molar-refractivity contribution < 1.29 is 54.1 Å². The Hall–Kier alpha value is 0.948. The van der Waals surface area contributed by atoms with E-state index in [0.717, 1.165) is 0 Å². The summed E-state index contributed by atoms with van der Waals surface area (Å²) < 4.78 is 21.7. The molecule has 0 aromatic heterocycles. The summed E-state index contributed by atoms with van der Waals surface area (Å²) in [4.78, 5) is 34.1. The van der Waals surface area contributed by atoms with Crippen LogP contribution in [-0.4, -0.2) is 9.79 Å². The smallest absolute Gasteiger partial charge is 0.789 e. The molecule has 0 heterocycles. The van der Waals surface area contributed by atoms with Gasteiger partial charge in [-0.3, -0.25) is 4.31 Å². The Bertz CT molecular complexity index is 152. The van der Waals surface area contributed by atoms with Crippen LogP contribution in [0.5, 0.6) is 0 Å². The molecule has 0 radical (unpaired) electrons. The normalized spacial score (nSPS) is 12.4. The average Bonchev–Trinajstić information content (AvgIpc) is 1.14. The second kappa shape index (κ2) is 4.09. The van der Waals surface area contributed by atoms with Gasteiger partial charge in [-0.25, -0.2) is 4.57 Å². The van der Waals surface area contributed by atoms with E-state index in [2.05, 4.69) is 4.31 Å². The molecule has 7 nitrogen and oxygen atoms in total. The van der Waals surface area contributed by atoms with Crippen molar-refractivity contribution in [3.8, 4) is 0 Å². The third kappa shape index (κ3) is 11.7. The van der Waals surface area contributed by atoms with Gasteiger partial charge in [0.2, 0.25) is 0 Å². The molecule has 0 saturated carbocycles. The minimum Gasteiger partial charge on any atom is -0.789 e. The molecule has 0 aliphatic heterocycles. The van der Waals surface area contributed by atoms with Gasteiger partial charge >= 0.3 is 28.9 Å². The van der Waals surface area contributed by atoms with Crippen molar-refractivity contribution in [1.29, 1.82) is 0 Å². The van der Waals surface area contributed by atoms with Crippen LogP contribution < -0.4 is 9.79 Å². The van der Waals surface area contributed by atoms with E-state index < -0.39 is 15.6 Å². The van der Waals surface area contributed by atoms with Crippen molar-refractivity contribution in [3.05, 3.63) is 0 Å². The molecule has 0 aliphatic carbocycles. The van der Waals surface area contributed by atoms with Crippen LogP contribution in [0.25, 0.3) is 0 Å². The molecule has 0 bridgehead atoms. The SMILES string of the molecule is O=P([O-])([O-])OP(=O)(O)O.[Pt+2]. The van der Waals surface area contributed by atoms with E-state index in [-0.39, 0.29) is 21.1 Å². The molecule has 0 spiro atoms. The predicted molar refractivity (Wildman–Crippen MR) is 20.7 cm³/mol. The van der Waals surface area contributed by atoms with Gasteiger partial charge in [0.25, 0.3) is 0 Å². The van der Waals surface area contributed by atoms with Crippen molar-refractivity contribution in [2.45, 2.75) is 0 Å². The monoisotopic (exact) mass is 371 g/mol. The molecule has 0 amide bonds. The molecule has 2 N–H and O–H groups in total. The molecule has 0 aliphatic rings. The van der Waals surface area contributed by atoms with E-state index >= 15 is 0 Å². The molecule has 0 rings (SSSR count). The van der Waals surface area contributed by atoms with Crippen LogP contribution in [0.4, 0.5) is 0 Å². The van der Waals surface area contributed by atoms with Gasteiger partial charge in [-0.05, 0) is 0 Å². The van der Waals surface area contributed by atoms with Crippen molar-refractivity contribution in [2.75, 3.05) is 0 Å². The van der Waals surface area contributed by atoms with Crippen LogP contribution in [0.3, 0.4) is 0 Å². The zero-order valence-corrected chi connectivity index (χ0v) is 8.21. The van der Waals surface area contributed by atoms with Gasteiger partial charge in [-0.15, -0.1) is 0 Å². The first-order valence-corrected chi connectivity index (χ1v) is 4.49. The molecule has 0 atom stereocenters. The van der Waals surface area contributed by atoms with E-state index in [9.17, 15) is 18.9 Å². The maximum Gasteiger partial charge on any atom is 2.00 e. The van der Waals surface area contributed by atoms with Crippen molar-refractivity contribution >= 4 is 15.6 Å². The first-order chi connectivity index (χ1) is 3.71. The Morgan fingerprint density at radius 1 is 1.20 bits per heavy atom. The summed E-state index contributed by atoms with van der Waals surface area (Å²) in [5, 5.41) is 0. The molecule has 0 unspecified atom stereocenters. The fraction of sp³-hybridized carbons (Fsp3) is 0. The zero-order chi connectivity index (χ0) is 7.71. The Balaban J connectivity index is 0. The standard InChI is InChI=1S/H4O7P2.Pt/c1-8(2,3)7-9(4,5)6;/h(H2,1,2,3)(H2,4,5,6);/q;+2/p-2. The predicted octanol–water partition coefficient (Wildman–Crippen LogP) is -2.08. The minimum atomic E-state index is -5.55. The van der Waals surface area contributed by atoms with E-state index in [1.807, 2.05) is 0 Å². The van der Waals surface area contributed by atoms with Gasteiger partial charge in [0.05, 0.1) is 7.82 Å². The molecule has 0 aromatic carbocycles. The third-order valence-corrected chi connectivity index (χ3v) is 1.86. The number of hydrogen-bond acceptors (Lipinski definition) is 5. The van der Waals surface area contributed by atoms with Gasteiger partial charge in [0.15, 0.2) is 0 Å². The van der Waals surface area contributed by atoms with Gasteiger partial charge in [0, 0.05) is 0 Å². The van der Waals surface area contributed by atoms with Crippen molar-refractivity contribution in [2.24, 2.45) is 0 Å². The fourth-order valence-electron chi connectivity index (χ4n) is 0.130. The van der Waals surface area contributed by atoms with Crippen LogP contribution in [-0.2, 0) is 34.5 Å². The molecule has 0 fully saturated rings. The summed E-state index contributed by atoms with van der Waals surface area (Å²) in [6.07, 6.45) is 0. The summed E-state index contributed by atoms with van der Waals surface area (Å²) >= 11 is 0. The van der Waals surface area contributed by atoms with Crippen LogP contribution >= 0.6 is 15.6 Å². The molecular weight excluding hydrogens is 369 g/mol. The topological polar surface area (TPSA) is 130 Å². The van der Waals surface area contributed by atoms with E-state index in [1.165, 1.54) is 0 Å². The number of rotatable bonds is 2. The Labute approximate surface area is 70.2 Å². The van der Waals surface area contributed by atoms with Crippen LogP contribution in [0.1, 0.15) is 0 Å². The van der Waals surface area contributed by atoms with E-state index in [4.69, 9.17) is 9.79 Å². The van der Waals surface area contributed by atoms with E-state index in [1.54, 1.807) is 0 Å². The van der Waals surface area contributed by atoms with Crippen LogP contribution in [0, 0.1) is 0 Å². The molecular formula is H2O7P2Pt. The molecule has 0 saturated heterocycles. The fourth-order valence-corrected chi connectivity index (χ4v) is 1.17. The molecule has 10 heteroatoms.